The fraction of sp³-hybridized carbons (Fsp3) is 0.167. The van der Waals surface area contributed by atoms with E-state index in [2.05, 4.69) is 6.07 Å². The molecule has 1 aliphatic heterocycles. The Hall–Kier alpha value is -3.68. The summed E-state index contributed by atoms with van der Waals surface area (Å²) in [7, 11) is 0. The molecule has 0 aliphatic carbocycles. The van der Waals surface area contributed by atoms with Crippen LogP contribution in [0.2, 0.25) is 0 Å². The molecule has 0 radical (unpaired) electrons. The van der Waals surface area contributed by atoms with Crippen LogP contribution in [0.4, 0.5) is 0 Å². The highest BCUT2D eigenvalue weighted by molar-refractivity contribution is 8.26. The predicted molar refractivity (Wildman–Crippen MR) is 155 cm³/mol. The van der Waals surface area contributed by atoms with E-state index in [0.717, 1.165) is 39.4 Å². The largest absolute Gasteiger partial charge is 0.494 e. The first-order chi connectivity index (χ1) is 17.9. The standard InChI is InChI=1S/C30H27N3O2S2/c1-4-35-26-15-14-23(16-21(26)3)28-24(19-33(31-28)25-8-6-5-7-9-25)17-27-29(34)32(30(36)37-27)18-22-12-10-20(2)11-13-22/h5-17,19H,4,18H2,1-3H3/b27-17-. The maximum absolute atomic E-state index is 13.4. The summed E-state index contributed by atoms with van der Waals surface area (Å²) in [6.45, 7) is 7.11. The van der Waals surface area contributed by atoms with E-state index in [9.17, 15) is 4.79 Å². The number of ether oxygens (including phenoxy) is 1. The zero-order valence-corrected chi connectivity index (χ0v) is 22.6. The molecule has 1 amide bonds. The quantitative estimate of drug-likeness (QED) is 0.193. The first-order valence-corrected chi connectivity index (χ1v) is 13.3. The van der Waals surface area contributed by atoms with Crippen molar-refractivity contribution in [1.29, 1.82) is 0 Å². The number of thiocarbonyl (C=S) groups is 1. The van der Waals surface area contributed by atoms with Crippen LogP contribution in [0.1, 0.15) is 29.2 Å². The molecule has 0 N–H and O–H groups in total. The molecule has 0 spiro atoms. The summed E-state index contributed by atoms with van der Waals surface area (Å²) in [4.78, 5) is 15.6. The van der Waals surface area contributed by atoms with Crippen LogP contribution in [-0.4, -0.2) is 31.5 Å². The second kappa shape index (κ2) is 10.7. The number of nitrogens with zero attached hydrogens (tertiary/aromatic N) is 3. The van der Waals surface area contributed by atoms with Gasteiger partial charge in [-0.25, -0.2) is 4.68 Å². The van der Waals surface area contributed by atoms with Crippen LogP contribution < -0.4 is 4.74 Å². The SMILES string of the molecule is CCOc1ccc(-c2nn(-c3ccccc3)cc2/C=C2\SC(=S)N(Cc3ccc(C)cc3)C2=O)cc1C. The van der Waals surface area contributed by atoms with Crippen LogP contribution in [0.3, 0.4) is 0 Å². The lowest BCUT2D eigenvalue weighted by atomic mass is 10.0. The summed E-state index contributed by atoms with van der Waals surface area (Å²) in [6, 6.07) is 24.2. The van der Waals surface area contributed by atoms with E-state index in [4.69, 9.17) is 22.1 Å². The Morgan fingerprint density at radius 1 is 1.03 bits per heavy atom. The third-order valence-corrected chi connectivity index (χ3v) is 7.51. The highest BCUT2D eigenvalue weighted by Crippen LogP contribution is 2.36. The molecule has 1 fully saturated rings. The van der Waals surface area contributed by atoms with Gasteiger partial charge in [0.1, 0.15) is 15.8 Å². The van der Waals surface area contributed by atoms with Crippen molar-refractivity contribution in [2.24, 2.45) is 0 Å². The minimum atomic E-state index is -0.0862. The van der Waals surface area contributed by atoms with E-state index in [0.29, 0.717) is 22.4 Å². The molecule has 0 atom stereocenters. The van der Waals surface area contributed by atoms with Gasteiger partial charge in [-0.05, 0) is 68.3 Å². The van der Waals surface area contributed by atoms with Gasteiger partial charge in [0.05, 0.1) is 23.7 Å². The number of hydrogen-bond acceptors (Lipinski definition) is 5. The molecule has 5 rings (SSSR count). The number of rotatable bonds is 7. The van der Waals surface area contributed by atoms with E-state index >= 15 is 0 Å². The molecule has 0 unspecified atom stereocenters. The number of carbonyl (C=O) groups is 1. The average Bonchev–Trinajstić information content (AvgIpc) is 3.43. The molecule has 1 saturated heterocycles. The Balaban J connectivity index is 1.52. The molecule has 4 aromatic rings. The van der Waals surface area contributed by atoms with Gasteiger partial charge in [0.15, 0.2) is 0 Å². The highest BCUT2D eigenvalue weighted by Gasteiger charge is 2.32. The summed E-state index contributed by atoms with van der Waals surface area (Å²) in [6.07, 6.45) is 3.87. The predicted octanol–water partition coefficient (Wildman–Crippen LogP) is 6.96. The number of carbonyl (C=O) groups excluding carboxylic acids is 1. The van der Waals surface area contributed by atoms with Gasteiger partial charge in [-0.2, -0.15) is 5.10 Å². The number of para-hydroxylation sites is 1. The molecular weight excluding hydrogens is 498 g/mol. The minimum Gasteiger partial charge on any atom is -0.494 e. The number of aromatic nitrogens is 2. The van der Waals surface area contributed by atoms with Crippen molar-refractivity contribution >= 4 is 40.3 Å². The molecule has 3 aromatic carbocycles. The first-order valence-electron chi connectivity index (χ1n) is 12.1. The number of aryl methyl sites for hydroxylation is 2. The van der Waals surface area contributed by atoms with Crippen molar-refractivity contribution in [3.8, 4) is 22.7 Å². The van der Waals surface area contributed by atoms with Crippen LogP contribution in [0.15, 0.2) is 83.9 Å². The molecule has 186 valence electrons. The summed E-state index contributed by atoms with van der Waals surface area (Å²) < 4.78 is 8.14. The lowest BCUT2D eigenvalue weighted by Gasteiger charge is -2.14. The van der Waals surface area contributed by atoms with Gasteiger partial charge in [-0.1, -0.05) is 72.0 Å². The van der Waals surface area contributed by atoms with Gasteiger partial charge >= 0.3 is 0 Å². The summed E-state index contributed by atoms with van der Waals surface area (Å²) in [5.41, 5.74) is 6.80. The van der Waals surface area contributed by atoms with Crippen LogP contribution in [0.25, 0.3) is 23.0 Å². The maximum atomic E-state index is 13.4. The average molecular weight is 526 g/mol. The van der Waals surface area contributed by atoms with Gasteiger partial charge in [-0.15, -0.1) is 0 Å². The number of benzene rings is 3. The molecule has 37 heavy (non-hydrogen) atoms. The molecule has 5 nitrogen and oxygen atoms in total. The number of amides is 1. The van der Waals surface area contributed by atoms with Crippen molar-refractivity contribution in [3.05, 3.63) is 106 Å². The Labute approximate surface area is 226 Å². The lowest BCUT2D eigenvalue weighted by Crippen LogP contribution is -2.27. The fourth-order valence-corrected chi connectivity index (χ4v) is 5.44. The second-order valence-corrected chi connectivity index (χ2v) is 10.6. The monoisotopic (exact) mass is 525 g/mol. The van der Waals surface area contributed by atoms with Crippen LogP contribution >= 0.6 is 24.0 Å². The lowest BCUT2D eigenvalue weighted by molar-refractivity contribution is -0.122. The summed E-state index contributed by atoms with van der Waals surface area (Å²) >= 11 is 6.92. The van der Waals surface area contributed by atoms with Gasteiger partial charge in [0.2, 0.25) is 0 Å². The molecule has 0 saturated carbocycles. The smallest absolute Gasteiger partial charge is 0.266 e. The second-order valence-electron chi connectivity index (χ2n) is 8.88. The van der Waals surface area contributed by atoms with Crippen molar-refractivity contribution in [3.63, 3.8) is 0 Å². The van der Waals surface area contributed by atoms with E-state index < -0.39 is 0 Å². The Bertz CT molecular complexity index is 1490. The normalized spacial score (nSPS) is 14.6. The van der Waals surface area contributed by atoms with Gasteiger partial charge < -0.3 is 4.74 Å². The molecule has 1 aromatic heterocycles. The van der Waals surface area contributed by atoms with Crippen LogP contribution in [-0.2, 0) is 11.3 Å². The summed E-state index contributed by atoms with van der Waals surface area (Å²) in [5.74, 6) is 0.768. The zero-order valence-electron chi connectivity index (χ0n) is 21.0. The van der Waals surface area contributed by atoms with Crippen molar-refractivity contribution in [2.45, 2.75) is 27.3 Å². The van der Waals surface area contributed by atoms with E-state index in [1.807, 2.05) is 104 Å². The summed E-state index contributed by atoms with van der Waals surface area (Å²) in [5, 5.41) is 4.91. The Morgan fingerprint density at radius 3 is 2.49 bits per heavy atom. The van der Waals surface area contributed by atoms with Gasteiger partial charge in [0.25, 0.3) is 5.91 Å². The van der Waals surface area contributed by atoms with E-state index in [-0.39, 0.29) is 5.91 Å². The van der Waals surface area contributed by atoms with Gasteiger partial charge in [0, 0.05) is 17.3 Å². The molecule has 0 bridgehead atoms. The van der Waals surface area contributed by atoms with Crippen LogP contribution in [0.5, 0.6) is 5.75 Å². The first kappa shape index (κ1) is 25.0. The van der Waals surface area contributed by atoms with E-state index in [1.54, 1.807) is 4.90 Å². The highest BCUT2D eigenvalue weighted by atomic mass is 32.2. The molecule has 2 heterocycles. The van der Waals surface area contributed by atoms with Crippen molar-refractivity contribution < 1.29 is 9.53 Å². The molecular formula is C30H27N3O2S2. The van der Waals surface area contributed by atoms with Gasteiger partial charge in [-0.3, -0.25) is 9.69 Å². The molecule has 1 aliphatic rings. The maximum Gasteiger partial charge on any atom is 0.266 e. The Kier molecular flexibility index (Phi) is 7.26. The Morgan fingerprint density at radius 2 is 1.78 bits per heavy atom. The third-order valence-electron chi connectivity index (χ3n) is 6.13. The number of thioether (sulfide) groups is 1. The van der Waals surface area contributed by atoms with Crippen LogP contribution in [0, 0.1) is 13.8 Å². The molecule has 7 heteroatoms. The van der Waals surface area contributed by atoms with Crippen molar-refractivity contribution in [2.75, 3.05) is 6.61 Å². The zero-order chi connectivity index (χ0) is 25.9. The van der Waals surface area contributed by atoms with E-state index in [1.165, 1.54) is 17.3 Å². The van der Waals surface area contributed by atoms with Crippen molar-refractivity contribution in [1.82, 2.24) is 14.7 Å². The topological polar surface area (TPSA) is 47.4 Å². The minimum absolute atomic E-state index is 0.0862. The number of hydrogen-bond donors (Lipinski definition) is 0. The third kappa shape index (κ3) is 5.38. The fourth-order valence-electron chi connectivity index (χ4n) is 4.20.